The van der Waals surface area contributed by atoms with Crippen LogP contribution in [0.3, 0.4) is 0 Å². The van der Waals surface area contributed by atoms with E-state index >= 15 is 0 Å². The van der Waals surface area contributed by atoms with Crippen LogP contribution in [0.4, 0.5) is 0 Å². The molecular weight excluding hydrogens is 629 g/mol. The fourth-order valence-corrected chi connectivity index (χ4v) is 8.03. The monoisotopic (exact) mass is 657 g/mol. The Bertz CT molecular complexity index is 810. The van der Waals surface area contributed by atoms with Crippen molar-refractivity contribution in [3.05, 3.63) is 62.5 Å². The second-order valence-corrected chi connectivity index (χ2v) is 13.1. The van der Waals surface area contributed by atoms with Crippen molar-refractivity contribution in [3.63, 3.8) is 0 Å². The van der Waals surface area contributed by atoms with E-state index in [1.54, 1.807) is 21.0 Å². The van der Waals surface area contributed by atoms with Gasteiger partial charge < -0.3 is 15.0 Å². The summed E-state index contributed by atoms with van der Waals surface area (Å²) in [6.45, 7) is 4.58. The molecule has 2 aromatic rings. The summed E-state index contributed by atoms with van der Waals surface area (Å²) in [4.78, 5) is 15.2. The summed E-state index contributed by atoms with van der Waals surface area (Å²) < 4.78 is 4.34. The molecule has 4 nitrogen and oxygen atoms in total. The number of carbonyl (C=O) groups is 1. The van der Waals surface area contributed by atoms with E-state index < -0.39 is 12.0 Å². The van der Waals surface area contributed by atoms with Gasteiger partial charge in [-0.25, -0.2) is 0 Å². The number of hydrogen-bond donors (Lipinski definition) is 0. The average Bonchev–Trinajstić information content (AvgIpc) is 2.75. The number of aliphatic carboxylic acids is 1. The minimum atomic E-state index is -1.28. The van der Waals surface area contributed by atoms with Crippen LogP contribution < -0.4 is 10.2 Å². The molecule has 0 aliphatic rings. The number of aliphatic imine (C=N–C) groups is 1. The molecule has 31 heavy (non-hydrogen) atoms. The maximum atomic E-state index is 11.9. The van der Waals surface area contributed by atoms with Crippen molar-refractivity contribution in [3.8, 4) is 5.75 Å². The van der Waals surface area contributed by atoms with E-state index in [0.717, 1.165) is 5.56 Å². The SMILES string of the molecule is CCC[CH2][Sn+2][CH2]CCC.O=C([O-])[C@H](Cc1ccccc1)N=Cc1cc(Br)cc(Br)c1[O-]. The van der Waals surface area contributed by atoms with Crippen molar-refractivity contribution in [1.29, 1.82) is 0 Å². The largest absolute Gasteiger partial charge is 0.871 e. The molecule has 0 fully saturated rings. The molecule has 0 spiro atoms. The van der Waals surface area contributed by atoms with Crippen LogP contribution in [-0.4, -0.2) is 39.4 Å². The van der Waals surface area contributed by atoms with Gasteiger partial charge in [0, 0.05) is 21.6 Å². The molecule has 0 aliphatic heterocycles. The minimum absolute atomic E-state index is 0.149. The molecule has 0 aliphatic carbocycles. The van der Waals surface area contributed by atoms with Gasteiger partial charge in [-0.1, -0.05) is 67.9 Å². The Morgan fingerprint density at radius 2 is 1.71 bits per heavy atom. The van der Waals surface area contributed by atoms with Crippen LogP contribution >= 0.6 is 31.9 Å². The van der Waals surface area contributed by atoms with Crippen molar-refractivity contribution >= 4 is 65.2 Å². The van der Waals surface area contributed by atoms with Crippen molar-refractivity contribution in [1.82, 2.24) is 0 Å². The Hall–Kier alpha value is -0.861. The van der Waals surface area contributed by atoms with Gasteiger partial charge in [0.25, 0.3) is 0 Å². The molecule has 166 valence electrons. The van der Waals surface area contributed by atoms with E-state index in [2.05, 4.69) is 50.7 Å². The smallest absolute Gasteiger partial charge is 0.0933 e. The zero-order valence-corrected chi connectivity index (χ0v) is 24.1. The molecule has 0 bridgehead atoms. The first-order chi connectivity index (χ1) is 14.9. The first kappa shape index (κ1) is 28.2. The van der Waals surface area contributed by atoms with Crippen molar-refractivity contribution in [2.75, 3.05) is 0 Å². The molecule has 2 aromatic carbocycles. The third kappa shape index (κ3) is 12.1. The molecule has 1 atom stereocenters. The number of carbonyl (C=O) groups excluding carboxylic acids is 1. The summed E-state index contributed by atoms with van der Waals surface area (Å²) in [6, 6.07) is 11.3. The summed E-state index contributed by atoms with van der Waals surface area (Å²) in [5.41, 5.74) is 1.15. The standard InChI is InChI=1S/C16H13Br2NO3.2C4H9.Sn/c17-12-7-11(15(20)13(18)8-12)9-19-14(16(21)22)6-10-4-2-1-3-5-10;2*1-3-4-2;/h1-5,7-9,14,20H,6H2,(H,21,22);2*1,3-4H2,2H3;/q;;;+2/p-2/t14-;;;/m0.../s1. The van der Waals surface area contributed by atoms with Crippen molar-refractivity contribution in [2.45, 2.75) is 60.9 Å². The van der Waals surface area contributed by atoms with Crippen molar-refractivity contribution < 1.29 is 15.0 Å². The summed E-state index contributed by atoms with van der Waals surface area (Å²) in [6.07, 6.45) is 7.33. The predicted molar refractivity (Wildman–Crippen MR) is 133 cm³/mol. The van der Waals surface area contributed by atoms with Gasteiger partial charge in [-0.05, 0) is 23.3 Å². The Labute approximate surface area is 213 Å². The van der Waals surface area contributed by atoms with Crippen LogP contribution in [0.25, 0.3) is 0 Å². The quantitative estimate of drug-likeness (QED) is 0.190. The maximum absolute atomic E-state index is 11.9. The maximum Gasteiger partial charge on any atom is 0.0933 e. The van der Waals surface area contributed by atoms with Crippen molar-refractivity contribution in [2.24, 2.45) is 4.99 Å². The normalized spacial score (nSPS) is 11.5. The second-order valence-electron chi connectivity index (χ2n) is 7.07. The summed E-state index contributed by atoms with van der Waals surface area (Å²) in [5.74, 6) is -1.52. The van der Waals surface area contributed by atoms with Gasteiger partial charge in [-0.3, -0.25) is 4.99 Å². The Morgan fingerprint density at radius 1 is 1.10 bits per heavy atom. The third-order valence-electron chi connectivity index (χ3n) is 4.39. The van der Waals surface area contributed by atoms with Gasteiger partial charge in [0.05, 0.1) is 12.0 Å². The number of nitrogens with zero attached hydrogens (tertiary/aromatic N) is 1. The van der Waals surface area contributed by atoms with E-state index in [1.807, 2.05) is 30.3 Å². The minimum Gasteiger partial charge on any atom is -0.871 e. The fourth-order valence-electron chi connectivity index (χ4n) is 2.61. The number of carboxylic acid groups (broad SMARTS) is 1. The van der Waals surface area contributed by atoms with Gasteiger partial charge in [0.2, 0.25) is 0 Å². The summed E-state index contributed by atoms with van der Waals surface area (Å²) in [7, 11) is 0. The molecule has 0 saturated heterocycles. The fraction of sp³-hybridized carbons (Fsp3) is 0.417. The average molecular weight is 658 g/mol. The number of benzene rings is 2. The van der Waals surface area contributed by atoms with Gasteiger partial charge in [0.15, 0.2) is 0 Å². The Kier molecular flexibility index (Phi) is 15.2. The van der Waals surface area contributed by atoms with E-state index in [1.165, 1.54) is 31.9 Å². The number of halogens is 2. The topological polar surface area (TPSA) is 75.5 Å². The molecule has 7 heteroatoms. The third-order valence-corrected chi connectivity index (χ3v) is 9.47. The van der Waals surface area contributed by atoms with Gasteiger partial charge in [-0.15, -0.1) is 0 Å². The molecule has 0 aromatic heterocycles. The van der Waals surface area contributed by atoms with Crippen LogP contribution in [0.1, 0.15) is 50.7 Å². The van der Waals surface area contributed by atoms with Crippen LogP contribution in [0.15, 0.2) is 56.4 Å². The molecule has 0 N–H and O–H groups in total. The molecular formula is C24H29Br2NO3Sn. The van der Waals surface area contributed by atoms with Gasteiger partial charge in [0.1, 0.15) is 0 Å². The zero-order chi connectivity index (χ0) is 23.1. The predicted octanol–water partition coefficient (Wildman–Crippen LogP) is 5.19. The molecule has 0 saturated carbocycles. The summed E-state index contributed by atoms with van der Waals surface area (Å²) in [5, 5.41) is 23.2. The first-order valence-electron chi connectivity index (χ1n) is 10.5. The van der Waals surface area contributed by atoms with E-state index in [0.29, 0.717) is 14.5 Å². The number of rotatable bonds is 11. The summed E-state index contributed by atoms with van der Waals surface area (Å²) >= 11 is 6.58. The second kappa shape index (κ2) is 16.7. The van der Waals surface area contributed by atoms with Gasteiger partial charge >= 0.3 is 69.5 Å². The van der Waals surface area contributed by atoms with E-state index in [9.17, 15) is 15.0 Å². The molecule has 0 amide bonds. The van der Waals surface area contributed by atoms with Gasteiger partial charge in [-0.2, -0.15) is 0 Å². The number of carboxylic acids is 1. The van der Waals surface area contributed by atoms with Crippen LogP contribution in [0.5, 0.6) is 5.75 Å². The molecule has 0 heterocycles. The molecule has 0 unspecified atom stereocenters. The van der Waals surface area contributed by atoms with Crippen LogP contribution in [0.2, 0.25) is 8.87 Å². The van der Waals surface area contributed by atoms with E-state index in [-0.39, 0.29) is 33.3 Å². The number of unbranched alkanes of at least 4 members (excludes halogenated alkanes) is 2. The number of hydrogen-bond acceptors (Lipinski definition) is 4. The molecule has 2 rings (SSSR count). The molecule has 0 radical (unpaired) electrons. The zero-order valence-electron chi connectivity index (χ0n) is 18.1. The van der Waals surface area contributed by atoms with E-state index in [4.69, 9.17) is 0 Å². The Morgan fingerprint density at radius 3 is 2.26 bits per heavy atom. The van der Waals surface area contributed by atoms with Crippen LogP contribution in [-0.2, 0) is 11.2 Å². The Balaban J connectivity index is 0.000000452. The van der Waals surface area contributed by atoms with Crippen LogP contribution in [0, 0.1) is 0 Å². The first-order valence-corrected chi connectivity index (χ1v) is 16.2.